The van der Waals surface area contributed by atoms with Gasteiger partial charge >= 0.3 is 12.3 Å². The molecular weight excluding hydrogens is 603 g/mol. The van der Waals surface area contributed by atoms with Gasteiger partial charge in [0.15, 0.2) is 0 Å². The lowest BCUT2D eigenvalue weighted by atomic mass is 10.0. The standard InChI is InChI=1S/C28H27ClF3N9O3/c1-44-27(43)35-18-8-9-19-21(13-18)36-24(28(30,31)32)5-3-2-4-20(26-33-14-22(19)38-26)37-25(42)11-6-16-12-17(29)7-10-23(16)41-15-34-39-40-41/h6-15,20,24,36H,2-5H2,1H3,(H,33,38)(H,35,43)(H,37,42)/b11-6+/t20-,24-/m0/s1. The number of nitrogens with one attached hydrogen (secondary N) is 4. The van der Waals surface area contributed by atoms with E-state index < -0.39 is 30.3 Å². The van der Waals surface area contributed by atoms with E-state index in [1.54, 1.807) is 30.3 Å². The molecule has 2 atom stereocenters. The first kappa shape index (κ1) is 30.5. The zero-order chi connectivity index (χ0) is 31.3. The van der Waals surface area contributed by atoms with Crippen LogP contribution >= 0.6 is 11.6 Å². The van der Waals surface area contributed by atoms with Crippen molar-refractivity contribution in [3.05, 3.63) is 71.4 Å². The van der Waals surface area contributed by atoms with Gasteiger partial charge in [-0.2, -0.15) is 17.9 Å². The van der Waals surface area contributed by atoms with Crippen molar-refractivity contribution >= 4 is 41.1 Å². The zero-order valence-corrected chi connectivity index (χ0v) is 24.0. The van der Waals surface area contributed by atoms with Crippen LogP contribution in [0.2, 0.25) is 5.02 Å². The number of hydrogen-bond donors (Lipinski definition) is 4. The molecule has 0 saturated carbocycles. The molecule has 0 radical (unpaired) electrons. The Labute approximate surface area is 254 Å². The van der Waals surface area contributed by atoms with Gasteiger partial charge in [-0.3, -0.25) is 10.1 Å². The summed E-state index contributed by atoms with van der Waals surface area (Å²) >= 11 is 6.17. The number of tetrazole rings is 1. The maximum atomic E-state index is 14.0. The Morgan fingerprint density at radius 1 is 1.16 bits per heavy atom. The van der Waals surface area contributed by atoms with E-state index in [1.165, 1.54) is 42.5 Å². The molecule has 16 heteroatoms. The number of ether oxygens (including phenoxy) is 1. The van der Waals surface area contributed by atoms with Gasteiger partial charge in [0.2, 0.25) is 5.91 Å². The van der Waals surface area contributed by atoms with Crippen molar-refractivity contribution in [2.75, 3.05) is 17.7 Å². The minimum atomic E-state index is -4.54. The number of alkyl halides is 3. The number of hydrogen-bond acceptors (Lipinski definition) is 8. The largest absolute Gasteiger partial charge is 0.453 e. The predicted octanol–water partition coefficient (Wildman–Crippen LogP) is 5.67. The molecule has 0 spiro atoms. The molecule has 0 unspecified atom stereocenters. The molecule has 1 aliphatic heterocycles. The number of aromatic nitrogens is 6. The van der Waals surface area contributed by atoms with Gasteiger partial charge in [0.05, 0.1) is 30.7 Å². The molecule has 2 aromatic heterocycles. The van der Waals surface area contributed by atoms with E-state index in [2.05, 4.69) is 46.2 Å². The SMILES string of the molecule is COC(=O)Nc1ccc2c(c1)N[C@H](C(F)(F)F)CCCC[C@H](NC(=O)/C=C/c1cc(Cl)ccc1-n1cnnn1)c1ncc-2[nH]1. The first-order valence-electron chi connectivity index (χ1n) is 13.5. The van der Waals surface area contributed by atoms with Crippen molar-refractivity contribution in [2.45, 2.75) is 43.9 Å². The van der Waals surface area contributed by atoms with Crippen LogP contribution in [0, 0.1) is 0 Å². The van der Waals surface area contributed by atoms with Crippen LogP contribution in [0.4, 0.5) is 29.3 Å². The van der Waals surface area contributed by atoms with Crippen LogP contribution in [0.25, 0.3) is 23.0 Å². The minimum absolute atomic E-state index is 0.139. The molecular formula is C28H27ClF3N9O3. The second-order valence-corrected chi connectivity index (χ2v) is 10.4. The normalized spacial score (nSPS) is 17.1. The van der Waals surface area contributed by atoms with Crippen LogP contribution in [0.15, 0.2) is 55.0 Å². The third-order valence-electron chi connectivity index (χ3n) is 6.94. The summed E-state index contributed by atoms with van der Waals surface area (Å²) in [7, 11) is 1.18. The van der Waals surface area contributed by atoms with Gasteiger partial charge < -0.3 is 20.4 Å². The van der Waals surface area contributed by atoms with Crippen LogP contribution in [-0.4, -0.2) is 61.5 Å². The number of benzene rings is 2. The predicted molar refractivity (Wildman–Crippen MR) is 156 cm³/mol. The highest BCUT2D eigenvalue weighted by atomic mass is 35.5. The summed E-state index contributed by atoms with van der Waals surface area (Å²) in [6, 6.07) is 7.08. The first-order valence-corrected chi connectivity index (χ1v) is 13.9. The Kier molecular flexibility index (Phi) is 9.13. The topological polar surface area (TPSA) is 152 Å². The number of amides is 2. The van der Waals surface area contributed by atoms with Crippen LogP contribution < -0.4 is 16.0 Å². The van der Waals surface area contributed by atoms with E-state index in [4.69, 9.17) is 11.6 Å². The third-order valence-corrected chi connectivity index (χ3v) is 7.18. The Balaban J connectivity index is 1.42. The molecule has 44 heavy (non-hydrogen) atoms. The molecule has 5 rings (SSSR count). The second kappa shape index (κ2) is 13.2. The van der Waals surface area contributed by atoms with Crippen molar-refractivity contribution < 1.29 is 27.5 Å². The van der Waals surface area contributed by atoms with Gasteiger partial charge in [0.1, 0.15) is 18.2 Å². The quantitative estimate of drug-likeness (QED) is 0.206. The molecule has 12 nitrogen and oxygen atoms in total. The molecule has 0 fully saturated rings. The van der Waals surface area contributed by atoms with Crippen molar-refractivity contribution in [3.8, 4) is 16.9 Å². The van der Waals surface area contributed by atoms with E-state index >= 15 is 0 Å². The van der Waals surface area contributed by atoms with Gasteiger partial charge in [-0.05, 0) is 65.7 Å². The summed E-state index contributed by atoms with van der Waals surface area (Å²) in [4.78, 5) is 32.4. The molecule has 4 N–H and O–H groups in total. The van der Waals surface area contributed by atoms with Crippen LogP contribution in [0.3, 0.4) is 0 Å². The number of carbonyl (C=O) groups is 2. The number of aromatic amines is 1. The summed E-state index contributed by atoms with van der Waals surface area (Å²) < 4.78 is 48.2. The first-order chi connectivity index (χ1) is 21.1. The Morgan fingerprint density at radius 3 is 2.73 bits per heavy atom. The molecule has 0 saturated heterocycles. The van der Waals surface area contributed by atoms with Crippen molar-refractivity contribution in [2.24, 2.45) is 0 Å². The lowest BCUT2D eigenvalue weighted by Crippen LogP contribution is -2.36. The lowest BCUT2D eigenvalue weighted by Gasteiger charge is -2.25. The number of H-pyrrole nitrogens is 1. The molecule has 230 valence electrons. The fourth-order valence-electron chi connectivity index (χ4n) is 4.80. The maximum absolute atomic E-state index is 14.0. The van der Waals surface area contributed by atoms with Crippen LogP contribution in [-0.2, 0) is 9.53 Å². The summed E-state index contributed by atoms with van der Waals surface area (Å²) in [5.41, 5.74) is 2.39. The number of carbonyl (C=O) groups excluding carboxylic acids is 2. The highest BCUT2D eigenvalue weighted by Gasteiger charge is 2.39. The minimum Gasteiger partial charge on any atom is -0.453 e. The summed E-state index contributed by atoms with van der Waals surface area (Å²) in [6.07, 6.45) is 1.25. The number of fused-ring (bicyclic) bond motifs is 4. The van der Waals surface area contributed by atoms with Gasteiger partial charge in [0.25, 0.3) is 0 Å². The van der Waals surface area contributed by atoms with Crippen LogP contribution in [0.1, 0.15) is 43.1 Å². The number of halogens is 4. The summed E-state index contributed by atoms with van der Waals surface area (Å²) in [6.45, 7) is 0. The van der Waals surface area contributed by atoms with E-state index in [0.29, 0.717) is 46.2 Å². The highest BCUT2D eigenvalue weighted by molar-refractivity contribution is 6.30. The molecule has 1 aliphatic rings. The maximum Gasteiger partial charge on any atom is 0.411 e. The Morgan fingerprint density at radius 2 is 1.98 bits per heavy atom. The van der Waals surface area contributed by atoms with E-state index in [1.807, 2.05) is 0 Å². The summed E-state index contributed by atoms with van der Waals surface area (Å²) in [5.74, 6) is -0.00834. The fraction of sp³-hybridized carbons (Fsp3) is 0.286. The molecule has 0 aliphatic carbocycles. The smallest absolute Gasteiger partial charge is 0.411 e. The van der Waals surface area contributed by atoms with Gasteiger partial charge in [-0.15, -0.1) is 5.10 Å². The number of imidazole rings is 1. The average molecular weight is 630 g/mol. The van der Waals surface area contributed by atoms with Crippen LogP contribution in [0.5, 0.6) is 0 Å². The lowest BCUT2D eigenvalue weighted by molar-refractivity contribution is -0.144. The fourth-order valence-corrected chi connectivity index (χ4v) is 4.98. The average Bonchev–Trinajstić information content (AvgIpc) is 3.69. The Hall–Kier alpha value is -4.92. The number of rotatable bonds is 5. The molecule has 3 heterocycles. The van der Waals surface area contributed by atoms with Gasteiger partial charge in [-0.25, -0.2) is 9.78 Å². The van der Waals surface area contributed by atoms with E-state index in [9.17, 15) is 22.8 Å². The molecule has 2 bridgehead atoms. The number of methoxy groups -OCH3 is 1. The van der Waals surface area contributed by atoms with Gasteiger partial charge in [-0.1, -0.05) is 24.4 Å². The van der Waals surface area contributed by atoms with Gasteiger partial charge in [0, 0.05) is 33.6 Å². The second-order valence-electron chi connectivity index (χ2n) is 9.93. The molecule has 2 amide bonds. The monoisotopic (exact) mass is 629 g/mol. The third kappa shape index (κ3) is 7.34. The highest BCUT2D eigenvalue weighted by Crippen LogP contribution is 2.36. The molecule has 2 aromatic carbocycles. The number of anilines is 2. The van der Waals surface area contributed by atoms with Crippen molar-refractivity contribution in [1.82, 2.24) is 35.5 Å². The molecule has 4 aromatic rings. The van der Waals surface area contributed by atoms with Crippen molar-refractivity contribution in [3.63, 3.8) is 0 Å². The Bertz CT molecular complexity index is 1660. The van der Waals surface area contributed by atoms with E-state index in [-0.39, 0.29) is 24.2 Å². The summed E-state index contributed by atoms with van der Waals surface area (Å²) in [5, 5.41) is 19.6. The van der Waals surface area contributed by atoms with Crippen molar-refractivity contribution in [1.29, 1.82) is 0 Å². The number of nitrogens with zero attached hydrogens (tertiary/aromatic N) is 5. The van der Waals surface area contributed by atoms with E-state index in [0.717, 1.165) is 0 Å². The zero-order valence-electron chi connectivity index (χ0n) is 23.2.